The molecule has 1 heterocycles. The first kappa shape index (κ1) is 15.6. The second kappa shape index (κ2) is 6.31. The maximum atomic E-state index is 11.9. The van der Waals surface area contributed by atoms with E-state index in [4.69, 9.17) is 14.2 Å². The summed E-state index contributed by atoms with van der Waals surface area (Å²) in [6, 6.07) is 7.93. The van der Waals surface area contributed by atoms with E-state index < -0.39 is 11.8 Å². The Balaban J connectivity index is 2.37. The molecule has 0 radical (unpaired) electrons. The molecular weight excluding hydrogens is 268 g/mol. The molecule has 1 aliphatic heterocycles. The largest absolute Gasteiger partial charge is 0.487 e. The Morgan fingerprint density at radius 2 is 1.81 bits per heavy atom. The van der Waals surface area contributed by atoms with Gasteiger partial charge in [-0.1, -0.05) is 38.1 Å². The van der Waals surface area contributed by atoms with Crippen LogP contribution in [-0.4, -0.2) is 19.2 Å². The topological polar surface area (TPSA) is 44.8 Å². The van der Waals surface area contributed by atoms with Crippen molar-refractivity contribution in [2.75, 3.05) is 13.2 Å². The molecule has 0 fully saturated rings. The highest BCUT2D eigenvalue weighted by atomic mass is 16.7. The summed E-state index contributed by atoms with van der Waals surface area (Å²) in [6.45, 7) is 8.80. The third kappa shape index (κ3) is 3.10. The summed E-state index contributed by atoms with van der Waals surface area (Å²) in [6.07, 6.45) is 1.62. The van der Waals surface area contributed by atoms with E-state index in [0.717, 1.165) is 5.56 Å². The number of rotatable bonds is 6. The molecule has 0 bridgehead atoms. The van der Waals surface area contributed by atoms with Crippen molar-refractivity contribution in [3.05, 3.63) is 47.2 Å². The van der Waals surface area contributed by atoms with Crippen LogP contribution < -0.4 is 0 Å². The predicted octanol–water partition coefficient (Wildman–Crippen LogP) is 3.48. The Morgan fingerprint density at radius 3 is 2.33 bits per heavy atom. The molecule has 0 N–H and O–H groups in total. The molecule has 21 heavy (non-hydrogen) atoms. The minimum atomic E-state index is -1.17. The van der Waals surface area contributed by atoms with E-state index in [9.17, 15) is 4.79 Å². The molecular formula is C17H22O4. The number of carbonyl (C=O) groups excluding carboxylic acids is 1. The highest BCUT2D eigenvalue weighted by Gasteiger charge is 2.44. The zero-order valence-electron chi connectivity index (χ0n) is 13.0. The van der Waals surface area contributed by atoms with Crippen LogP contribution in [0.5, 0.6) is 0 Å². The van der Waals surface area contributed by atoms with Gasteiger partial charge in [0.15, 0.2) is 0 Å². The van der Waals surface area contributed by atoms with Crippen LogP contribution in [0.3, 0.4) is 0 Å². The third-order valence-corrected chi connectivity index (χ3v) is 3.40. The summed E-state index contributed by atoms with van der Waals surface area (Å²) in [5, 5.41) is 0. The van der Waals surface area contributed by atoms with Gasteiger partial charge in [-0.05, 0) is 25.3 Å². The van der Waals surface area contributed by atoms with Crippen molar-refractivity contribution in [2.45, 2.75) is 39.4 Å². The summed E-state index contributed by atoms with van der Waals surface area (Å²) in [4.78, 5) is 11.9. The Kier molecular flexibility index (Phi) is 4.68. The number of benzene rings is 1. The molecule has 0 spiro atoms. The van der Waals surface area contributed by atoms with E-state index in [-0.39, 0.29) is 5.76 Å². The predicted molar refractivity (Wildman–Crippen MR) is 79.6 cm³/mol. The second-order valence-corrected chi connectivity index (χ2v) is 5.21. The van der Waals surface area contributed by atoms with Gasteiger partial charge in [0.1, 0.15) is 0 Å². The van der Waals surface area contributed by atoms with Crippen molar-refractivity contribution in [2.24, 2.45) is 0 Å². The Hall–Kier alpha value is -1.81. The number of ether oxygens (including phenoxy) is 3. The molecule has 4 heteroatoms. The van der Waals surface area contributed by atoms with Crippen LogP contribution in [0.25, 0.3) is 0 Å². The molecule has 0 saturated heterocycles. The second-order valence-electron chi connectivity index (χ2n) is 5.21. The van der Waals surface area contributed by atoms with Gasteiger partial charge in [0.25, 0.3) is 5.79 Å². The lowest BCUT2D eigenvalue weighted by molar-refractivity contribution is -0.202. The summed E-state index contributed by atoms with van der Waals surface area (Å²) in [5.41, 5.74) is 2.01. The van der Waals surface area contributed by atoms with E-state index in [1.54, 1.807) is 6.08 Å². The van der Waals surface area contributed by atoms with Gasteiger partial charge in [-0.15, -0.1) is 0 Å². The van der Waals surface area contributed by atoms with Gasteiger partial charge < -0.3 is 14.2 Å². The molecule has 1 unspecified atom stereocenters. The standard InChI is InChI=1S/C17H22O4/c1-5-19-15-11-17(20-6-2,21-16(15)18)14-9-7-13(8-10-14)12(3)4/h7-12H,5-6H2,1-4H3. The Labute approximate surface area is 125 Å². The molecule has 0 saturated carbocycles. The molecule has 114 valence electrons. The van der Waals surface area contributed by atoms with Crippen molar-refractivity contribution < 1.29 is 19.0 Å². The molecule has 0 aromatic heterocycles. The SMILES string of the molecule is CCOC1=CC(OCC)(c2ccc(C(C)C)cc2)OC1=O. The Morgan fingerprint density at radius 1 is 1.14 bits per heavy atom. The van der Waals surface area contributed by atoms with Crippen molar-refractivity contribution in [1.82, 2.24) is 0 Å². The fourth-order valence-corrected chi connectivity index (χ4v) is 2.32. The first-order valence-corrected chi connectivity index (χ1v) is 7.35. The minimum absolute atomic E-state index is 0.207. The summed E-state index contributed by atoms with van der Waals surface area (Å²) < 4.78 is 16.5. The van der Waals surface area contributed by atoms with Crippen LogP contribution in [0, 0.1) is 0 Å². The zero-order valence-corrected chi connectivity index (χ0v) is 13.0. The van der Waals surface area contributed by atoms with Crippen LogP contribution in [0.2, 0.25) is 0 Å². The fraction of sp³-hybridized carbons (Fsp3) is 0.471. The third-order valence-electron chi connectivity index (χ3n) is 3.40. The molecule has 1 aromatic carbocycles. The molecule has 1 atom stereocenters. The summed E-state index contributed by atoms with van der Waals surface area (Å²) in [7, 11) is 0. The molecule has 4 nitrogen and oxygen atoms in total. The minimum Gasteiger partial charge on any atom is -0.487 e. The van der Waals surface area contributed by atoms with Gasteiger partial charge in [-0.25, -0.2) is 4.79 Å². The number of cyclic esters (lactones) is 1. The quantitative estimate of drug-likeness (QED) is 0.752. The van der Waals surface area contributed by atoms with Gasteiger partial charge in [-0.2, -0.15) is 0 Å². The highest BCUT2D eigenvalue weighted by molar-refractivity contribution is 5.89. The van der Waals surface area contributed by atoms with E-state index in [1.807, 2.05) is 38.1 Å². The van der Waals surface area contributed by atoms with Crippen molar-refractivity contribution in [3.63, 3.8) is 0 Å². The van der Waals surface area contributed by atoms with Crippen LogP contribution in [0.1, 0.15) is 44.7 Å². The zero-order chi connectivity index (χ0) is 15.5. The molecule has 1 aliphatic rings. The number of carbonyl (C=O) groups is 1. The number of esters is 1. The number of hydrogen-bond acceptors (Lipinski definition) is 4. The smallest absolute Gasteiger partial charge is 0.376 e. The van der Waals surface area contributed by atoms with E-state index >= 15 is 0 Å². The van der Waals surface area contributed by atoms with Gasteiger partial charge >= 0.3 is 5.97 Å². The highest BCUT2D eigenvalue weighted by Crippen LogP contribution is 2.37. The van der Waals surface area contributed by atoms with E-state index in [2.05, 4.69) is 13.8 Å². The maximum Gasteiger partial charge on any atom is 0.376 e. The molecule has 0 aliphatic carbocycles. The average molecular weight is 290 g/mol. The molecule has 0 amide bonds. The first-order valence-electron chi connectivity index (χ1n) is 7.35. The van der Waals surface area contributed by atoms with Crippen molar-refractivity contribution in [3.8, 4) is 0 Å². The first-order chi connectivity index (χ1) is 10.0. The van der Waals surface area contributed by atoms with Gasteiger partial charge in [-0.3, -0.25) is 0 Å². The maximum absolute atomic E-state index is 11.9. The van der Waals surface area contributed by atoms with Gasteiger partial charge in [0.05, 0.1) is 6.61 Å². The molecule has 1 aromatic rings. The van der Waals surface area contributed by atoms with Crippen molar-refractivity contribution >= 4 is 5.97 Å². The van der Waals surface area contributed by atoms with Crippen LogP contribution in [0.4, 0.5) is 0 Å². The normalized spacial score (nSPS) is 21.4. The summed E-state index contributed by atoms with van der Waals surface area (Å²) in [5.74, 6) is -1.01. The van der Waals surface area contributed by atoms with Crippen molar-refractivity contribution in [1.29, 1.82) is 0 Å². The Bertz CT molecular complexity index is 530. The van der Waals surface area contributed by atoms with Crippen LogP contribution >= 0.6 is 0 Å². The van der Waals surface area contributed by atoms with Crippen LogP contribution in [0.15, 0.2) is 36.1 Å². The van der Waals surface area contributed by atoms with E-state index in [0.29, 0.717) is 19.1 Å². The lowest BCUT2D eigenvalue weighted by Gasteiger charge is -2.26. The van der Waals surface area contributed by atoms with E-state index in [1.165, 1.54) is 5.56 Å². The lowest BCUT2D eigenvalue weighted by atomic mass is 9.98. The molecule has 2 rings (SSSR count). The summed E-state index contributed by atoms with van der Waals surface area (Å²) >= 11 is 0. The van der Waals surface area contributed by atoms with Gasteiger partial charge in [0.2, 0.25) is 5.76 Å². The fourth-order valence-electron chi connectivity index (χ4n) is 2.32. The van der Waals surface area contributed by atoms with Gasteiger partial charge in [0, 0.05) is 18.2 Å². The lowest BCUT2D eigenvalue weighted by Crippen LogP contribution is -2.29. The average Bonchev–Trinajstić information content (AvgIpc) is 2.77. The van der Waals surface area contributed by atoms with Crippen LogP contribution in [-0.2, 0) is 24.8 Å². The number of hydrogen-bond donors (Lipinski definition) is 0. The monoisotopic (exact) mass is 290 g/mol.